The van der Waals surface area contributed by atoms with E-state index in [1.807, 2.05) is 30.3 Å². The maximum absolute atomic E-state index is 13.7. The van der Waals surface area contributed by atoms with E-state index >= 15 is 0 Å². The summed E-state index contributed by atoms with van der Waals surface area (Å²) in [7, 11) is -1.48. The molecule has 1 aliphatic heterocycles. The molecule has 4 rings (SSSR count). The molecule has 0 bridgehead atoms. The zero-order valence-electron chi connectivity index (χ0n) is 20.9. The van der Waals surface area contributed by atoms with Gasteiger partial charge in [-0.1, -0.05) is 54.1 Å². The number of para-hydroxylation sites is 2. The molecule has 0 aliphatic carbocycles. The molecule has 200 valence electrons. The Morgan fingerprint density at radius 2 is 1.76 bits per heavy atom. The number of benzene rings is 3. The standard InChI is InChI=1S/C27H27ClN2O7S/c1-35-23-13-12-20(16-21(23)28)38(33,34)29(15-14-19-8-4-3-5-9-19)18-26(31)30-17-25(27(32)36-2)37-24-11-7-6-10-22(24)30/h3-13,16,25H,14-15,17-18H2,1-2H3/t25-/m0/s1. The SMILES string of the molecule is COC(=O)[C@@H]1CN(C(=O)CN(CCc2ccccc2)S(=O)(=O)c2ccc(OC)c(Cl)c2)c2ccccc2O1. The highest BCUT2D eigenvalue weighted by Crippen LogP contribution is 2.34. The predicted octanol–water partition coefficient (Wildman–Crippen LogP) is 3.55. The van der Waals surface area contributed by atoms with Crippen LogP contribution in [0.4, 0.5) is 5.69 Å². The highest BCUT2D eigenvalue weighted by Gasteiger charge is 2.36. The molecular formula is C27H27ClN2O7S. The number of ether oxygens (including phenoxy) is 3. The lowest BCUT2D eigenvalue weighted by atomic mass is 10.1. The average Bonchev–Trinajstić information content (AvgIpc) is 2.94. The van der Waals surface area contributed by atoms with Crippen molar-refractivity contribution >= 4 is 39.2 Å². The third kappa shape index (κ3) is 5.93. The normalized spacial score (nSPS) is 14.9. The third-order valence-corrected chi connectivity index (χ3v) is 8.24. The van der Waals surface area contributed by atoms with E-state index < -0.39 is 34.5 Å². The number of hydrogen-bond acceptors (Lipinski definition) is 7. The minimum atomic E-state index is -4.14. The van der Waals surface area contributed by atoms with Crippen LogP contribution < -0.4 is 14.4 Å². The van der Waals surface area contributed by atoms with Crippen LogP contribution in [-0.4, -0.2) is 64.6 Å². The monoisotopic (exact) mass is 558 g/mol. The smallest absolute Gasteiger partial charge is 0.348 e. The zero-order valence-corrected chi connectivity index (χ0v) is 22.4. The number of fused-ring (bicyclic) bond motifs is 1. The third-order valence-electron chi connectivity index (χ3n) is 6.10. The first-order valence-corrected chi connectivity index (χ1v) is 13.6. The van der Waals surface area contributed by atoms with Crippen molar-refractivity contribution in [2.45, 2.75) is 17.4 Å². The molecule has 0 saturated carbocycles. The molecule has 38 heavy (non-hydrogen) atoms. The van der Waals surface area contributed by atoms with E-state index in [4.69, 9.17) is 25.8 Å². The first-order chi connectivity index (χ1) is 18.2. The fraction of sp³-hybridized carbons (Fsp3) is 0.259. The summed E-state index contributed by atoms with van der Waals surface area (Å²) in [4.78, 5) is 27.2. The van der Waals surface area contributed by atoms with Crippen molar-refractivity contribution in [1.29, 1.82) is 0 Å². The lowest BCUT2D eigenvalue weighted by Gasteiger charge is -2.34. The van der Waals surface area contributed by atoms with Gasteiger partial charge in [-0.3, -0.25) is 4.79 Å². The van der Waals surface area contributed by atoms with Gasteiger partial charge >= 0.3 is 5.97 Å². The molecule has 0 saturated heterocycles. The number of hydrogen-bond donors (Lipinski definition) is 0. The van der Waals surface area contributed by atoms with Gasteiger partial charge in [0.15, 0.2) is 0 Å². The first-order valence-electron chi connectivity index (χ1n) is 11.8. The fourth-order valence-electron chi connectivity index (χ4n) is 4.10. The summed E-state index contributed by atoms with van der Waals surface area (Å²) >= 11 is 6.22. The number of carbonyl (C=O) groups is 2. The average molecular weight is 559 g/mol. The Labute approximate surface area is 226 Å². The van der Waals surface area contributed by atoms with Crippen LogP contribution in [0.15, 0.2) is 77.7 Å². The number of methoxy groups -OCH3 is 2. The van der Waals surface area contributed by atoms with Crippen LogP contribution in [0.25, 0.3) is 0 Å². The number of carbonyl (C=O) groups excluding carboxylic acids is 2. The Morgan fingerprint density at radius 1 is 1.05 bits per heavy atom. The minimum Gasteiger partial charge on any atom is -0.495 e. The van der Waals surface area contributed by atoms with E-state index in [0.29, 0.717) is 23.6 Å². The molecule has 0 N–H and O–H groups in total. The molecular weight excluding hydrogens is 532 g/mol. The summed E-state index contributed by atoms with van der Waals surface area (Å²) in [6, 6.07) is 20.3. The molecule has 3 aromatic rings. The van der Waals surface area contributed by atoms with Gasteiger partial charge in [0.25, 0.3) is 0 Å². The molecule has 0 spiro atoms. The topological polar surface area (TPSA) is 102 Å². The van der Waals surface area contributed by atoms with E-state index in [1.54, 1.807) is 24.3 Å². The van der Waals surface area contributed by atoms with Crippen LogP contribution in [0.5, 0.6) is 11.5 Å². The second-order valence-corrected chi connectivity index (χ2v) is 10.8. The maximum atomic E-state index is 13.7. The number of nitrogens with zero attached hydrogens (tertiary/aromatic N) is 2. The van der Waals surface area contributed by atoms with Crippen molar-refractivity contribution in [3.63, 3.8) is 0 Å². The summed E-state index contributed by atoms with van der Waals surface area (Å²) in [6.45, 7) is -0.557. The highest BCUT2D eigenvalue weighted by molar-refractivity contribution is 7.89. The first kappa shape index (κ1) is 27.4. The van der Waals surface area contributed by atoms with Crippen molar-refractivity contribution in [3.05, 3.63) is 83.4 Å². The van der Waals surface area contributed by atoms with Gasteiger partial charge in [0.1, 0.15) is 11.5 Å². The van der Waals surface area contributed by atoms with E-state index in [9.17, 15) is 18.0 Å². The Hall–Kier alpha value is -3.60. The minimum absolute atomic E-state index is 0.0359. The number of amides is 1. The molecule has 0 fully saturated rings. The summed E-state index contributed by atoms with van der Waals surface area (Å²) in [5, 5.41) is 0.130. The van der Waals surface area contributed by atoms with Gasteiger partial charge in [0.05, 0.1) is 42.9 Å². The molecule has 1 amide bonds. The Kier molecular flexibility index (Phi) is 8.55. The van der Waals surface area contributed by atoms with Crippen LogP contribution in [0.3, 0.4) is 0 Å². The summed E-state index contributed by atoms with van der Waals surface area (Å²) < 4.78 is 44.3. The van der Waals surface area contributed by atoms with E-state index in [2.05, 4.69) is 0 Å². The van der Waals surface area contributed by atoms with Crippen molar-refractivity contribution in [2.24, 2.45) is 0 Å². The quantitative estimate of drug-likeness (QED) is 0.370. The van der Waals surface area contributed by atoms with Crippen molar-refractivity contribution in [2.75, 3.05) is 38.8 Å². The number of anilines is 1. The van der Waals surface area contributed by atoms with Crippen molar-refractivity contribution in [3.8, 4) is 11.5 Å². The molecule has 3 aromatic carbocycles. The lowest BCUT2D eigenvalue weighted by molar-refractivity contribution is -0.148. The second-order valence-electron chi connectivity index (χ2n) is 8.47. The molecule has 9 nitrogen and oxygen atoms in total. The largest absolute Gasteiger partial charge is 0.495 e. The lowest BCUT2D eigenvalue weighted by Crippen LogP contribution is -2.51. The van der Waals surface area contributed by atoms with Crippen LogP contribution >= 0.6 is 11.6 Å². The van der Waals surface area contributed by atoms with E-state index in [1.165, 1.54) is 37.3 Å². The molecule has 1 aliphatic rings. The van der Waals surface area contributed by atoms with Gasteiger partial charge in [-0.15, -0.1) is 0 Å². The van der Waals surface area contributed by atoms with Gasteiger partial charge in [0, 0.05) is 6.54 Å². The van der Waals surface area contributed by atoms with Crippen LogP contribution in [0.2, 0.25) is 5.02 Å². The molecule has 0 radical (unpaired) electrons. The summed E-state index contributed by atoms with van der Waals surface area (Å²) in [5.74, 6) is -0.510. The number of rotatable bonds is 9. The maximum Gasteiger partial charge on any atom is 0.348 e. The van der Waals surface area contributed by atoms with Crippen molar-refractivity contribution < 1.29 is 32.2 Å². The Morgan fingerprint density at radius 3 is 2.45 bits per heavy atom. The Bertz CT molecular complexity index is 1420. The van der Waals surface area contributed by atoms with Crippen LogP contribution in [-0.2, 0) is 30.8 Å². The van der Waals surface area contributed by atoms with Gasteiger partial charge < -0.3 is 19.1 Å². The van der Waals surface area contributed by atoms with Gasteiger partial charge in [0.2, 0.25) is 22.0 Å². The number of esters is 1. The highest BCUT2D eigenvalue weighted by atomic mass is 35.5. The molecule has 0 aromatic heterocycles. The molecule has 0 unspecified atom stereocenters. The summed E-state index contributed by atoms with van der Waals surface area (Å²) in [6.07, 6.45) is -0.671. The molecule has 1 atom stereocenters. The zero-order chi connectivity index (χ0) is 27.3. The second kappa shape index (κ2) is 11.8. The molecule has 11 heteroatoms. The van der Waals surface area contributed by atoms with E-state index in [-0.39, 0.29) is 23.0 Å². The van der Waals surface area contributed by atoms with Gasteiger partial charge in [-0.2, -0.15) is 4.31 Å². The predicted molar refractivity (Wildman–Crippen MR) is 142 cm³/mol. The summed E-state index contributed by atoms with van der Waals surface area (Å²) in [5.41, 5.74) is 1.35. The fourth-order valence-corrected chi connectivity index (χ4v) is 5.84. The van der Waals surface area contributed by atoms with Gasteiger partial charge in [-0.25, -0.2) is 13.2 Å². The Balaban J connectivity index is 1.66. The van der Waals surface area contributed by atoms with E-state index in [0.717, 1.165) is 9.87 Å². The van der Waals surface area contributed by atoms with Crippen LogP contribution in [0.1, 0.15) is 5.56 Å². The van der Waals surface area contributed by atoms with Crippen molar-refractivity contribution in [1.82, 2.24) is 4.31 Å². The molecule has 1 heterocycles. The number of sulfonamides is 1. The van der Waals surface area contributed by atoms with Crippen LogP contribution in [0, 0.1) is 0 Å². The van der Waals surface area contributed by atoms with Gasteiger partial charge in [-0.05, 0) is 42.3 Å². The number of halogens is 1.